The topological polar surface area (TPSA) is 12.0 Å². The van der Waals surface area contributed by atoms with E-state index in [2.05, 4.69) is 42.6 Å². The van der Waals surface area contributed by atoms with Crippen molar-refractivity contribution in [3.8, 4) is 0 Å². The summed E-state index contributed by atoms with van der Waals surface area (Å²) in [5.41, 5.74) is 0. The Morgan fingerprint density at radius 3 is 2.94 bits per heavy atom. The average molecular weight is 231 g/mol. The van der Waals surface area contributed by atoms with Gasteiger partial charge in [0.15, 0.2) is 0 Å². The van der Waals surface area contributed by atoms with Gasteiger partial charge in [-0.15, -0.1) is 11.3 Å². The van der Waals surface area contributed by atoms with Crippen molar-refractivity contribution in [2.45, 2.75) is 25.8 Å². The van der Waals surface area contributed by atoms with Gasteiger partial charge in [-0.05, 0) is 49.7 Å². The fourth-order valence-electron chi connectivity index (χ4n) is 1.98. The van der Waals surface area contributed by atoms with Crippen LogP contribution in [0.3, 0.4) is 0 Å². The minimum Gasteiger partial charge on any atom is -0.309 e. The molecule has 1 saturated carbocycles. The van der Waals surface area contributed by atoms with Crippen LogP contribution in [0.15, 0.2) is 30.3 Å². The Balaban J connectivity index is 1.76. The first-order valence-electron chi connectivity index (χ1n) is 6.05. The van der Waals surface area contributed by atoms with Crippen molar-refractivity contribution in [3.63, 3.8) is 0 Å². The molecule has 1 unspecified atom stereocenters. The van der Waals surface area contributed by atoms with Gasteiger partial charge in [0, 0.05) is 15.6 Å². The molecule has 1 N–H and O–H groups in total. The van der Waals surface area contributed by atoms with Crippen LogP contribution in [0.1, 0.15) is 30.7 Å². The number of hydrogen-bond donors (Lipinski definition) is 1. The van der Waals surface area contributed by atoms with Crippen molar-refractivity contribution >= 4 is 21.4 Å². The fraction of sp³-hybridized carbons (Fsp3) is 0.429. The van der Waals surface area contributed by atoms with E-state index in [0.717, 1.165) is 5.92 Å². The Morgan fingerprint density at radius 2 is 2.19 bits per heavy atom. The quantitative estimate of drug-likeness (QED) is 0.839. The lowest BCUT2D eigenvalue weighted by Crippen LogP contribution is -2.20. The largest absolute Gasteiger partial charge is 0.309 e. The number of thiophene rings is 1. The van der Waals surface area contributed by atoms with Gasteiger partial charge in [-0.25, -0.2) is 0 Å². The van der Waals surface area contributed by atoms with Crippen molar-refractivity contribution in [1.82, 2.24) is 5.32 Å². The maximum Gasteiger partial charge on any atom is 0.0386 e. The lowest BCUT2D eigenvalue weighted by atomic mass is 10.2. The van der Waals surface area contributed by atoms with Crippen molar-refractivity contribution in [3.05, 3.63) is 35.2 Å². The molecule has 1 fully saturated rings. The molecule has 3 rings (SSSR count). The molecule has 1 nitrogen and oxygen atoms in total. The zero-order chi connectivity index (χ0) is 11.0. The molecule has 0 amide bonds. The van der Waals surface area contributed by atoms with E-state index >= 15 is 0 Å². The SMILES string of the molecule is CC(NCC1CC1)c1cc2ccccc2s1. The molecular weight excluding hydrogens is 214 g/mol. The fourth-order valence-corrected chi connectivity index (χ4v) is 3.07. The van der Waals surface area contributed by atoms with Crippen LogP contribution in [0.5, 0.6) is 0 Å². The van der Waals surface area contributed by atoms with Gasteiger partial charge in [-0.3, -0.25) is 0 Å². The number of nitrogens with one attached hydrogen (secondary N) is 1. The van der Waals surface area contributed by atoms with E-state index in [9.17, 15) is 0 Å². The highest BCUT2D eigenvalue weighted by Gasteiger charge is 2.21. The average Bonchev–Trinajstić information content (AvgIpc) is 3.02. The van der Waals surface area contributed by atoms with E-state index in [1.165, 1.54) is 34.3 Å². The van der Waals surface area contributed by atoms with Crippen molar-refractivity contribution in [2.24, 2.45) is 5.92 Å². The van der Waals surface area contributed by atoms with E-state index in [0.29, 0.717) is 6.04 Å². The minimum atomic E-state index is 0.498. The number of benzene rings is 1. The molecule has 0 aliphatic heterocycles. The van der Waals surface area contributed by atoms with E-state index < -0.39 is 0 Å². The Morgan fingerprint density at radius 1 is 1.38 bits per heavy atom. The third kappa shape index (κ3) is 2.13. The van der Waals surface area contributed by atoms with Crippen LogP contribution in [-0.2, 0) is 0 Å². The first-order valence-corrected chi connectivity index (χ1v) is 6.86. The van der Waals surface area contributed by atoms with Gasteiger partial charge in [0.05, 0.1) is 0 Å². The molecule has 0 radical (unpaired) electrons. The second-order valence-corrected chi connectivity index (χ2v) is 5.88. The van der Waals surface area contributed by atoms with Crippen LogP contribution in [0.2, 0.25) is 0 Å². The normalized spacial score (nSPS) is 17.8. The molecular formula is C14H17NS. The maximum absolute atomic E-state index is 3.63. The predicted octanol–water partition coefficient (Wildman–Crippen LogP) is 3.96. The number of hydrogen-bond acceptors (Lipinski definition) is 2. The van der Waals surface area contributed by atoms with Crippen LogP contribution in [0.4, 0.5) is 0 Å². The Labute approximate surface area is 100 Å². The summed E-state index contributed by atoms with van der Waals surface area (Å²) >= 11 is 1.91. The van der Waals surface area contributed by atoms with Crippen molar-refractivity contribution in [2.75, 3.05) is 6.54 Å². The van der Waals surface area contributed by atoms with Crippen molar-refractivity contribution in [1.29, 1.82) is 0 Å². The standard InChI is InChI=1S/C14H17NS/c1-10(15-9-11-6-7-11)14-8-12-4-2-3-5-13(12)16-14/h2-5,8,10-11,15H,6-7,9H2,1H3. The summed E-state index contributed by atoms with van der Waals surface area (Å²) in [7, 11) is 0. The van der Waals surface area contributed by atoms with Gasteiger partial charge in [0.2, 0.25) is 0 Å². The van der Waals surface area contributed by atoms with Crippen molar-refractivity contribution < 1.29 is 0 Å². The molecule has 16 heavy (non-hydrogen) atoms. The van der Waals surface area contributed by atoms with E-state index in [4.69, 9.17) is 0 Å². The highest BCUT2D eigenvalue weighted by atomic mass is 32.1. The number of rotatable bonds is 4. The van der Waals surface area contributed by atoms with E-state index in [-0.39, 0.29) is 0 Å². The lowest BCUT2D eigenvalue weighted by Gasteiger charge is -2.10. The highest BCUT2D eigenvalue weighted by Crippen LogP contribution is 2.31. The summed E-state index contributed by atoms with van der Waals surface area (Å²) in [5.74, 6) is 0.955. The zero-order valence-electron chi connectivity index (χ0n) is 9.57. The van der Waals surface area contributed by atoms with Crippen LogP contribution in [0.25, 0.3) is 10.1 Å². The Hall–Kier alpha value is -0.860. The Bertz CT molecular complexity index is 451. The molecule has 0 spiro atoms. The van der Waals surface area contributed by atoms with Gasteiger partial charge in [0.1, 0.15) is 0 Å². The molecule has 84 valence electrons. The van der Waals surface area contributed by atoms with Gasteiger partial charge < -0.3 is 5.32 Å². The lowest BCUT2D eigenvalue weighted by molar-refractivity contribution is 0.555. The molecule has 1 aromatic carbocycles. The predicted molar refractivity (Wildman–Crippen MR) is 71.0 cm³/mol. The minimum absolute atomic E-state index is 0.498. The summed E-state index contributed by atoms with van der Waals surface area (Å²) in [6, 6.07) is 11.5. The van der Waals surface area contributed by atoms with E-state index in [1.807, 2.05) is 11.3 Å². The monoisotopic (exact) mass is 231 g/mol. The summed E-state index contributed by atoms with van der Waals surface area (Å²) < 4.78 is 1.40. The van der Waals surface area contributed by atoms with Gasteiger partial charge in [-0.1, -0.05) is 18.2 Å². The molecule has 1 aliphatic carbocycles. The smallest absolute Gasteiger partial charge is 0.0386 e. The van der Waals surface area contributed by atoms with Gasteiger partial charge in [-0.2, -0.15) is 0 Å². The molecule has 1 aliphatic rings. The maximum atomic E-state index is 3.63. The zero-order valence-corrected chi connectivity index (χ0v) is 10.4. The molecule has 0 bridgehead atoms. The Kier molecular flexibility index (Phi) is 2.70. The molecule has 2 aromatic rings. The van der Waals surface area contributed by atoms with E-state index in [1.54, 1.807) is 0 Å². The first-order chi connectivity index (χ1) is 7.83. The summed E-state index contributed by atoms with van der Waals surface area (Å²) in [4.78, 5) is 1.46. The highest BCUT2D eigenvalue weighted by molar-refractivity contribution is 7.19. The van der Waals surface area contributed by atoms with Gasteiger partial charge in [0.25, 0.3) is 0 Å². The molecule has 1 heterocycles. The van der Waals surface area contributed by atoms with Crippen LogP contribution >= 0.6 is 11.3 Å². The van der Waals surface area contributed by atoms with Crippen LogP contribution < -0.4 is 5.32 Å². The second kappa shape index (κ2) is 4.19. The third-order valence-electron chi connectivity index (χ3n) is 3.28. The van der Waals surface area contributed by atoms with Gasteiger partial charge >= 0.3 is 0 Å². The molecule has 0 saturated heterocycles. The van der Waals surface area contributed by atoms with Crippen LogP contribution in [-0.4, -0.2) is 6.54 Å². The van der Waals surface area contributed by atoms with Crippen LogP contribution in [0, 0.1) is 5.92 Å². The number of fused-ring (bicyclic) bond motifs is 1. The first kappa shape index (κ1) is 10.3. The molecule has 1 atom stereocenters. The molecule has 1 aromatic heterocycles. The molecule has 2 heteroatoms. The summed E-state index contributed by atoms with van der Waals surface area (Å²) in [6.07, 6.45) is 2.85. The summed E-state index contributed by atoms with van der Waals surface area (Å²) in [6.45, 7) is 3.46. The summed E-state index contributed by atoms with van der Waals surface area (Å²) in [5, 5.41) is 5.01. The third-order valence-corrected chi connectivity index (χ3v) is 4.58. The second-order valence-electron chi connectivity index (χ2n) is 4.76.